The molecule has 0 aliphatic carbocycles. The molecule has 0 saturated heterocycles. The zero-order chi connectivity index (χ0) is 13.4. The van der Waals surface area contributed by atoms with Crippen LogP contribution in [-0.4, -0.2) is 37.0 Å². The van der Waals surface area contributed by atoms with E-state index in [9.17, 15) is 4.79 Å². The fourth-order valence-corrected chi connectivity index (χ4v) is 1.45. The van der Waals surface area contributed by atoms with Crippen LogP contribution in [-0.2, 0) is 4.79 Å². The molecule has 1 unspecified atom stereocenters. The van der Waals surface area contributed by atoms with Crippen molar-refractivity contribution in [2.45, 2.75) is 19.9 Å². The van der Waals surface area contributed by atoms with E-state index >= 15 is 0 Å². The average molecular weight is 244 g/mol. The molecular formula is C15H20N2O. The molecule has 96 valence electrons. The van der Waals surface area contributed by atoms with Crippen LogP contribution >= 0.6 is 0 Å². The minimum Gasteiger partial charge on any atom is -0.345 e. The largest absolute Gasteiger partial charge is 0.345 e. The molecule has 18 heavy (non-hydrogen) atoms. The minimum absolute atomic E-state index is 0.0963. The normalized spacial score (nSPS) is 11.3. The molecule has 0 saturated carbocycles. The number of carbonyl (C=O) groups is 1. The molecule has 0 aliphatic rings. The van der Waals surface area contributed by atoms with E-state index < -0.39 is 0 Å². The molecule has 3 heteroatoms. The van der Waals surface area contributed by atoms with Gasteiger partial charge in [-0.25, -0.2) is 0 Å². The number of nitrogens with one attached hydrogen (secondary N) is 1. The zero-order valence-electron chi connectivity index (χ0n) is 11.2. The summed E-state index contributed by atoms with van der Waals surface area (Å²) in [5.41, 5.74) is 0.990. The van der Waals surface area contributed by atoms with E-state index in [0.717, 1.165) is 12.1 Å². The smallest absolute Gasteiger partial charge is 0.239 e. The van der Waals surface area contributed by atoms with Gasteiger partial charge >= 0.3 is 0 Å². The fourth-order valence-electron chi connectivity index (χ4n) is 1.45. The van der Waals surface area contributed by atoms with Gasteiger partial charge in [0.1, 0.15) is 0 Å². The number of carbonyl (C=O) groups excluding carboxylic acids is 1. The topological polar surface area (TPSA) is 32.3 Å². The van der Waals surface area contributed by atoms with E-state index in [4.69, 9.17) is 0 Å². The Morgan fingerprint density at radius 1 is 1.39 bits per heavy atom. The summed E-state index contributed by atoms with van der Waals surface area (Å²) in [7, 11) is 1.80. The predicted molar refractivity (Wildman–Crippen MR) is 74.1 cm³/mol. The summed E-state index contributed by atoms with van der Waals surface area (Å²) in [5, 5.41) is 3.10. The van der Waals surface area contributed by atoms with Gasteiger partial charge in [-0.1, -0.05) is 30.0 Å². The van der Waals surface area contributed by atoms with Crippen LogP contribution in [0.3, 0.4) is 0 Å². The summed E-state index contributed by atoms with van der Waals surface area (Å²) < 4.78 is 0. The molecule has 0 fully saturated rings. The Morgan fingerprint density at radius 2 is 2.06 bits per heavy atom. The first kappa shape index (κ1) is 14.3. The third kappa shape index (κ3) is 4.60. The molecule has 0 spiro atoms. The Balaban J connectivity index is 2.38. The lowest BCUT2D eigenvalue weighted by Gasteiger charge is -2.19. The maximum atomic E-state index is 11.8. The number of amides is 1. The highest BCUT2D eigenvalue weighted by Crippen LogP contribution is 1.94. The molecule has 0 bridgehead atoms. The Labute approximate surface area is 109 Å². The van der Waals surface area contributed by atoms with Crippen molar-refractivity contribution in [1.82, 2.24) is 10.2 Å². The summed E-state index contributed by atoms with van der Waals surface area (Å²) in [4.78, 5) is 13.5. The highest BCUT2D eigenvalue weighted by molar-refractivity contribution is 5.81. The van der Waals surface area contributed by atoms with E-state index in [1.807, 2.05) is 44.2 Å². The highest BCUT2D eigenvalue weighted by atomic mass is 16.2. The third-order valence-corrected chi connectivity index (χ3v) is 2.72. The van der Waals surface area contributed by atoms with Crippen molar-refractivity contribution in [2.24, 2.45) is 0 Å². The molecule has 1 atom stereocenters. The van der Waals surface area contributed by atoms with Crippen LogP contribution in [0, 0.1) is 11.8 Å². The van der Waals surface area contributed by atoms with Crippen molar-refractivity contribution in [1.29, 1.82) is 0 Å². The lowest BCUT2D eigenvalue weighted by molar-refractivity contribution is -0.131. The first-order valence-electron chi connectivity index (χ1n) is 6.17. The second kappa shape index (κ2) is 7.52. The van der Waals surface area contributed by atoms with Crippen LogP contribution in [0.5, 0.6) is 0 Å². The number of nitrogens with zero attached hydrogens (tertiary/aromatic N) is 1. The molecule has 0 aliphatic heterocycles. The Hall–Kier alpha value is -1.79. The van der Waals surface area contributed by atoms with Gasteiger partial charge in [0.05, 0.1) is 12.6 Å². The molecule has 1 amide bonds. The van der Waals surface area contributed by atoms with Crippen molar-refractivity contribution in [2.75, 3.05) is 20.1 Å². The van der Waals surface area contributed by atoms with Gasteiger partial charge in [0.15, 0.2) is 0 Å². The zero-order valence-corrected chi connectivity index (χ0v) is 11.2. The summed E-state index contributed by atoms with van der Waals surface area (Å²) in [6.07, 6.45) is 0. The molecular weight excluding hydrogens is 224 g/mol. The van der Waals surface area contributed by atoms with Crippen LogP contribution in [0.15, 0.2) is 30.3 Å². The third-order valence-electron chi connectivity index (χ3n) is 2.72. The van der Waals surface area contributed by atoms with Gasteiger partial charge in [0.2, 0.25) is 5.91 Å². The van der Waals surface area contributed by atoms with E-state index in [1.165, 1.54) is 0 Å². The Morgan fingerprint density at radius 3 is 2.67 bits per heavy atom. The van der Waals surface area contributed by atoms with E-state index in [0.29, 0.717) is 6.54 Å². The highest BCUT2D eigenvalue weighted by Gasteiger charge is 2.14. The summed E-state index contributed by atoms with van der Waals surface area (Å²) in [5.74, 6) is 6.15. The summed E-state index contributed by atoms with van der Waals surface area (Å²) in [6.45, 7) is 5.05. The molecule has 1 aromatic rings. The van der Waals surface area contributed by atoms with Crippen molar-refractivity contribution in [3.05, 3.63) is 35.9 Å². The second-order valence-corrected chi connectivity index (χ2v) is 4.12. The number of likely N-dealkylation sites (N-methyl/N-ethyl adjacent to an activating group) is 1. The molecule has 1 rings (SSSR count). The standard InChI is InChI=1S/C15H20N2O/c1-4-17(3)15(18)13(2)16-12-8-11-14-9-6-5-7-10-14/h5-7,9-10,13,16H,4,12H2,1-3H3. The van der Waals surface area contributed by atoms with Crippen molar-refractivity contribution in [3.63, 3.8) is 0 Å². The maximum Gasteiger partial charge on any atom is 0.239 e. The lowest BCUT2D eigenvalue weighted by atomic mass is 10.2. The van der Waals surface area contributed by atoms with E-state index in [-0.39, 0.29) is 11.9 Å². The average Bonchev–Trinajstić information content (AvgIpc) is 2.42. The Bertz CT molecular complexity index is 431. The number of benzene rings is 1. The summed E-state index contributed by atoms with van der Waals surface area (Å²) in [6, 6.07) is 9.61. The minimum atomic E-state index is -0.194. The number of hydrogen-bond donors (Lipinski definition) is 1. The monoisotopic (exact) mass is 244 g/mol. The fraction of sp³-hybridized carbons (Fsp3) is 0.400. The van der Waals surface area contributed by atoms with Crippen LogP contribution in [0.4, 0.5) is 0 Å². The molecule has 0 aromatic heterocycles. The van der Waals surface area contributed by atoms with Gasteiger partial charge in [-0.15, -0.1) is 0 Å². The molecule has 1 aromatic carbocycles. The lowest BCUT2D eigenvalue weighted by Crippen LogP contribution is -2.43. The quantitative estimate of drug-likeness (QED) is 0.814. The van der Waals surface area contributed by atoms with Gasteiger partial charge in [-0.3, -0.25) is 10.1 Å². The van der Waals surface area contributed by atoms with Gasteiger partial charge in [-0.2, -0.15) is 0 Å². The summed E-state index contributed by atoms with van der Waals surface area (Å²) >= 11 is 0. The van der Waals surface area contributed by atoms with Crippen LogP contribution in [0.1, 0.15) is 19.4 Å². The van der Waals surface area contributed by atoms with Gasteiger partial charge in [0.25, 0.3) is 0 Å². The molecule has 0 heterocycles. The SMILES string of the molecule is CCN(C)C(=O)C(C)NCC#Cc1ccccc1. The van der Waals surface area contributed by atoms with Crippen LogP contribution in [0.25, 0.3) is 0 Å². The van der Waals surface area contributed by atoms with Crippen molar-refractivity contribution in [3.8, 4) is 11.8 Å². The molecule has 3 nitrogen and oxygen atoms in total. The number of hydrogen-bond acceptors (Lipinski definition) is 2. The van der Waals surface area contributed by atoms with Gasteiger partial charge < -0.3 is 4.90 Å². The van der Waals surface area contributed by atoms with Crippen molar-refractivity contribution >= 4 is 5.91 Å². The van der Waals surface area contributed by atoms with Gasteiger partial charge in [-0.05, 0) is 26.0 Å². The second-order valence-electron chi connectivity index (χ2n) is 4.12. The Kier molecular flexibility index (Phi) is 5.96. The van der Waals surface area contributed by atoms with E-state index in [1.54, 1.807) is 11.9 Å². The van der Waals surface area contributed by atoms with Crippen molar-refractivity contribution < 1.29 is 4.79 Å². The number of rotatable bonds is 4. The van der Waals surface area contributed by atoms with Crippen LogP contribution < -0.4 is 5.32 Å². The molecule has 1 N–H and O–H groups in total. The van der Waals surface area contributed by atoms with Gasteiger partial charge in [0, 0.05) is 19.2 Å². The van der Waals surface area contributed by atoms with E-state index in [2.05, 4.69) is 17.2 Å². The maximum absolute atomic E-state index is 11.8. The molecule has 0 radical (unpaired) electrons. The predicted octanol–water partition coefficient (Wildman–Crippen LogP) is 1.49. The first-order valence-corrected chi connectivity index (χ1v) is 6.17. The first-order chi connectivity index (χ1) is 8.65. The van der Waals surface area contributed by atoms with Crippen LogP contribution in [0.2, 0.25) is 0 Å².